The molecular weight excluding hydrogens is 416 g/mol. The molecule has 32 heavy (non-hydrogen) atoms. The number of likely N-dealkylation sites (tertiary alicyclic amines) is 1. The minimum atomic E-state index is -0.460. The van der Waals surface area contributed by atoms with Crippen LogP contribution < -0.4 is 11.1 Å². The number of benzene rings is 2. The molecule has 0 bridgehead atoms. The first kappa shape index (κ1) is 21.9. The van der Waals surface area contributed by atoms with Gasteiger partial charge in [0.25, 0.3) is 0 Å². The average molecular weight is 441 g/mol. The summed E-state index contributed by atoms with van der Waals surface area (Å²) in [7, 11) is 0. The number of aromatic nitrogens is 2. The first-order valence-electron chi connectivity index (χ1n) is 10.6. The fourth-order valence-electron chi connectivity index (χ4n) is 3.98. The first-order valence-corrected chi connectivity index (χ1v) is 10.6. The van der Waals surface area contributed by atoms with Gasteiger partial charge in [0.15, 0.2) is 0 Å². The Labute approximate surface area is 184 Å². The molecule has 1 fully saturated rings. The van der Waals surface area contributed by atoms with Crippen molar-refractivity contribution in [3.05, 3.63) is 65.7 Å². The van der Waals surface area contributed by atoms with Crippen LogP contribution in [0.4, 0.5) is 14.8 Å². The molecule has 0 aliphatic carbocycles. The Hall–Kier alpha value is -3.33. The van der Waals surface area contributed by atoms with Gasteiger partial charge in [-0.25, -0.2) is 8.78 Å². The number of nitrogens with one attached hydrogen (secondary N) is 1. The van der Waals surface area contributed by atoms with Gasteiger partial charge in [0.05, 0.1) is 0 Å². The summed E-state index contributed by atoms with van der Waals surface area (Å²) in [5, 5.41) is 6.94. The van der Waals surface area contributed by atoms with E-state index < -0.39 is 6.04 Å². The number of nitrogens with zero attached hydrogens (tertiary/aromatic N) is 3. The number of hydrogen-bond acceptors (Lipinski definition) is 6. The fraction of sp³-hybridized carbons (Fsp3) is 0.348. The van der Waals surface area contributed by atoms with Gasteiger partial charge in [0.1, 0.15) is 11.6 Å². The summed E-state index contributed by atoms with van der Waals surface area (Å²) in [5.74, 6) is -0.458. The van der Waals surface area contributed by atoms with Crippen molar-refractivity contribution >= 4 is 11.9 Å². The number of amides is 1. The zero-order valence-corrected chi connectivity index (χ0v) is 17.5. The van der Waals surface area contributed by atoms with Crippen molar-refractivity contribution in [2.24, 2.45) is 5.73 Å². The van der Waals surface area contributed by atoms with Gasteiger partial charge in [-0.15, -0.1) is 0 Å². The van der Waals surface area contributed by atoms with Crippen molar-refractivity contribution in [1.82, 2.24) is 15.0 Å². The lowest BCUT2D eigenvalue weighted by atomic mass is 10.0. The first-order chi connectivity index (χ1) is 15.5. The van der Waals surface area contributed by atoms with Crippen molar-refractivity contribution < 1.29 is 18.1 Å². The van der Waals surface area contributed by atoms with E-state index in [9.17, 15) is 13.6 Å². The number of anilines is 1. The zero-order valence-electron chi connectivity index (χ0n) is 17.5. The Morgan fingerprint density at radius 3 is 2.91 bits per heavy atom. The summed E-state index contributed by atoms with van der Waals surface area (Å²) in [5.41, 5.74) is 7.16. The van der Waals surface area contributed by atoms with E-state index in [-0.39, 0.29) is 41.8 Å². The largest absolute Gasteiger partial charge is 0.338 e. The molecule has 168 valence electrons. The molecule has 1 saturated heterocycles. The van der Waals surface area contributed by atoms with Gasteiger partial charge < -0.3 is 20.5 Å². The van der Waals surface area contributed by atoms with Crippen LogP contribution in [0.2, 0.25) is 0 Å². The van der Waals surface area contributed by atoms with E-state index in [4.69, 9.17) is 10.3 Å². The van der Waals surface area contributed by atoms with Crippen LogP contribution in [0.3, 0.4) is 0 Å². The van der Waals surface area contributed by atoms with E-state index in [1.54, 1.807) is 35.2 Å². The predicted molar refractivity (Wildman–Crippen MR) is 116 cm³/mol. The highest BCUT2D eigenvalue weighted by molar-refractivity contribution is 5.77. The molecule has 1 amide bonds. The minimum Gasteiger partial charge on any atom is -0.338 e. The number of carbonyl (C=O) groups excluding carboxylic acids is 1. The van der Waals surface area contributed by atoms with E-state index in [2.05, 4.69) is 15.5 Å². The van der Waals surface area contributed by atoms with Crippen molar-refractivity contribution in [2.45, 2.75) is 37.8 Å². The molecule has 0 radical (unpaired) electrons. The van der Waals surface area contributed by atoms with Gasteiger partial charge in [0, 0.05) is 37.2 Å². The molecular formula is C23H25F2N5O2. The molecule has 1 aliphatic rings. The minimum absolute atomic E-state index is 0.0346. The highest BCUT2D eigenvalue weighted by atomic mass is 19.1. The normalized spacial score (nSPS) is 16.8. The third kappa shape index (κ3) is 5.28. The van der Waals surface area contributed by atoms with Crippen LogP contribution in [0.15, 0.2) is 53.1 Å². The van der Waals surface area contributed by atoms with Crippen LogP contribution in [0.25, 0.3) is 11.4 Å². The third-order valence-corrected chi connectivity index (χ3v) is 5.57. The second-order valence-electron chi connectivity index (χ2n) is 7.96. The van der Waals surface area contributed by atoms with Crippen LogP contribution in [-0.4, -0.2) is 46.1 Å². The molecule has 2 aromatic carbocycles. The van der Waals surface area contributed by atoms with Gasteiger partial charge in [0.2, 0.25) is 11.7 Å². The number of rotatable bonds is 8. The molecule has 1 aromatic heterocycles. The maximum atomic E-state index is 13.8. The van der Waals surface area contributed by atoms with E-state index in [0.29, 0.717) is 30.6 Å². The third-order valence-electron chi connectivity index (χ3n) is 5.57. The quantitative estimate of drug-likeness (QED) is 0.556. The van der Waals surface area contributed by atoms with Gasteiger partial charge in [-0.05, 0) is 43.0 Å². The molecule has 1 aliphatic heterocycles. The molecule has 9 heteroatoms. The second-order valence-corrected chi connectivity index (χ2v) is 7.96. The lowest BCUT2D eigenvalue weighted by molar-refractivity contribution is -0.132. The van der Waals surface area contributed by atoms with Crippen molar-refractivity contribution in [3.63, 3.8) is 0 Å². The van der Waals surface area contributed by atoms with E-state index in [1.165, 1.54) is 18.2 Å². The van der Waals surface area contributed by atoms with Crippen LogP contribution in [0.5, 0.6) is 0 Å². The van der Waals surface area contributed by atoms with Gasteiger partial charge in [-0.1, -0.05) is 35.5 Å². The summed E-state index contributed by atoms with van der Waals surface area (Å²) in [6, 6.07) is 12.1. The zero-order chi connectivity index (χ0) is 22.5. The van der Waals surface area contributed by atoms with Crippen LogP contribution in [0, 0.1) is 11.6 Å². The topological polar surface area (TPSA) is 97.3 Å². The summed E-state index contributed by atoms with van der Waals surface area (Å²) in [4.78, 5) is 18.9. The Balaban J connectivity index is 1.31. The Morgan fingerprint density at radius 1 is 1.25 bits per heavy atom. The number of hydrogen-bond donors (Lipinski definition) is 2. The maximum Gasteiger partial charge on any atom is 0.321 e. The van der Waals surface area contributed by atoms with Crippen molar-refractivity contribution in [2.75, 3.05) is 18.4 Å². The second kappa shape index (κ2) is 9.86. The summed E-state index contributed by atoms with van der Waals surface area (Å²) in [6.07, 6.45) is 2.18. The molecule has 2 heterocycles. The van der Waals surface area contributed by atoms with Crippen LogP contribution >= 0.6 is 0 Å². The highest BCUT2D eigenvalue weighted by Crippen LogP contribution is 2.22. The smallest absolute Gasteiger partial charge is 0.321 e. The predicted octanol–water partition coefficient (Wildman–Crippen LogP) is 3.38. The van der Waals surface area contributed by atoms with Gasteiger partial charge >= 0.3 is 6.01 Å². The standard InChI is InChI=1S/C23H25F2N5O2/c24-17-7-3-6-16(11-17)22-28-23(32-29-22)27-14-19-8-4-10-30(19)21(31)13-18(26)12-15-5-1-2-9-20(15)25/h1-3,5-7,9,11,18-19H,4,8,10,12-14,26H2,(H,27,28,29)/t18-,19?/m1/s1. The summed E-state index contributed by atoms with van der Waals surface area (Å²) >= 11 is 0. The summed E-state index contributed by atoms with van der Waals surface area (Å²) in [6.45, 7) is 1.09. The summed E-state index contributed by atoms with van der Waals surface area (Å²) < 4.78 is 32.4. The molecule has 0 saturated carbocycles. The Kier molecular flexibility index (Phi) is 6.75. The van der Waals surface area contributed by atoms with Gasteiger partial charge in [-0.3, -0.25) is 4.79 Å². The molecule has 2 atom stereocenters. The van der Waals surface area contributed by atoms with E-state index >= 15 is 0 Å². The molecule has 3 aromatic rings. The maximum absolute atomic E-state index is 13.8. The molecule has 4 rings (SSSR count). The van der Waals surface area contributed by atoms with Crippen molar-refractivity contribution in [3.8, 4) is 11.4 Å². The molecule has 7 nitrogen and oxygen atoms in total. The number of carbonyl (C=O) groups is 1. The lowest BCUT2D eigenvalue weighted by Crippen LogP contribution is -2.42. The molecule has 1 unspecified atom stereocenters. The lowest BCUT2D eigenvalue weighted by Gasteiger charge is -2.26. The average Bonchev–Trinajstić information content (AvgIpc) is 3.43. The number of nitrogens with two attached hydrogens (primary N) is 1. The van der Waals surface area contributed by atoms with Crippen LogP contribution in [0.1, 0.15) is 24.8 Å². The molecule has 0 spiro atoms. The number of halogens is 2. The van der Waals surface area contributed by atoms with E-state index in [1.807, 2.05) is 0 Å². The van der Waals surface area contributed by atoms with Gasteiger partial charge in [-0.2, -0.15) is 4.98 Å². The molecule has 3 N–H and O–H groups in total. The van der Waals surface area contributed by atoms with Crippen LogP contribution in [-0.2, 0) is 11.2 Å². The monoisotopic (exact) mass is 441 g/mol. The SMILES string of the molecule is N[C@@H](CC(=O)N1CCCC1CNc1nc(-c2cccc(F)c2)no1)Cc1ccccc1F. The fourth-order valence-corrected chi connectivity index (χ4v) is 3.98. The highest BCUT2D eigenvalue weighted by Gasteiger charge is 2.29. The van der Waals surface area contributed by atoms with Crippen molar-refractivity contribution in [1.29, 1.82) is 0 Å². The Morgan fingerprint density at radius 2 is 2.09 bits per heavy atom. The Bertz CT molecular complexity index is 1070. The van der Waals surface area contributed by atoms with E-state index in [0.717, 1.165) is 12.8 Å².